The smallest absolute Gasteiger partial charge is 0.0207 e. The lowest BCUT2D eigenvalue weighted by molar-refractivity contribution is 0.173. The molecule has 0 aromatic heterocycles. The van der Waals surface area contributed by atoms with Crippen LogP contribution in [0.5, 0.6) is 0 Å². The Kier molecular flexibility index (Phi) is 6.40. The predicted molar refractivity (Wildman–Crippen MR) is 94.0 cm³/mol. The van der Waals surface area contributed by atoms with Gasteiger partial charge in [-0.15, -0.1) is 7.92 Å². The Bertz CT molecular complexity index is 281. The van der Waals surface area contributed by atoms with Crippen LogP contribution in [-0.4, -0.2) is 18.0 Å². The summed E-state index contributed by atoms with van der Waals surface area (Å²) >= 11 is 0. The normalized spacial score (nSPS) is 36.1. The van der Waals surface area contributed by atoms with Gasteiger partial charge >= 0.3 is 0 Å². The molecule has 0 N–H and O–H groups in total. The fraction of sp³-hybridized carbons (Fsp3) is 1.00. The highest BCUT2D eigenvalue weighted by Gasteiger charge is 2.43. The third kappa shape index (κ3) is 3.43. The van der Waals surface area contributed by atoms with E-state index in [1.54, 1.807) is 19.3 Å². The summed E-state index contributed by atoms with van der Waals surface area (Å²) < 4.78 is 0. The highest BCUT2D eigenvalue weighted by atomic mass is 31.1. The van der Waals surface area contributed by atoms with Crippen LogP contribution < -0.4 is 0 Å². The zero-order valence-corrected chi connectivity index (χ0v) is 15.5. The molecule has 5 atom stereocenters. The van der Waals surface area contributed by atoms with Gasteiger partial charge in [0.25, 0.3) is 0 Å². The average Bonchev–Trinajstić information content (AvgIpc) is 3.08. The molecule has 0 aromatic carbocycles. The first kappa shape index (κ1) is 16.8. The van der Waals surface area contributed by atoms with Crippen LogP contribution in [0.4, 0.5) is 0 Å². The fourth-order valence-corrected chi connectivity index (χ4v) is 8.11. The van der Waals surface area contributed by atoms with Gasteiger partial charge < -0.3 is 0 Å². The fourth-order valence-electron chi connectivity index (χ4n) is 5.60. The van der Waals surface area contributed by atoms with Gasteiger partial charge in [0.1, 0.15) is 0 Å². The monoisotopic (exact) mass is 296 g/mol. The van der Waals surface area contributed by atoms with E-state index in [0.29, 0.717) is 7.92 Å². The molecule has 2 rings (SSSR count). The molecule has 4 unspecified atom stereocenters. The molecule has 0 saturated heterocycles. The molecule has 0 amide bonds. The second kappa shape index (κ2) is 7.62. The number of hydrogen-bond donors (Lipinski definition) is 0. The zero-order chi connectivity index (χ0) is 14.7. The lowest BCUT2D eigenvalue weighted by Crippen LogP contribution is -2.30. The minimum atomic E-state index is 0.301. The molecule has 0 bridgehead atoms. The van der Waals surface area contributed by atoms with Gasteiger partial charge in [-0.25, -0.2) is 0 Å². The van der Waals surface area contributed by atoms with Gasteiger partial charge in [-0.1, -0.05) is 47.5 Å². The Morgan fingerprint density at radius 3 is 1.80 bits per heavy atom. The Balaban J connectivity index is 2.06. The van der Waals surface area contributed by atoms with Crippen LogP contribution in [0, 0.1) is 29.6 Å². The molecule has 0 aromatic rings. The largest absolute Gasteiger partial charge is 0.104 e. The van der Waals surface area contributed by atoms with Crippen molar-refractivity contribution < 1.29 is 0 Å². The van der Waals surface area contributed by atoms with Gasteiger partial charge in [0.15, 0.2) is 0 Å². The third-order valence-electron chi connectivity index (χ3n) is 6.66. The van der Waals surface area contributed by atoms with E-state index >= 15 is 0 Å². The summed E-state index contributed by atoms with van der Waals surface area (Å²) in [6.45, 7) is 12.4. The van der Waals surface area contributed by atoms with E-state index in [-0.39, 0.29) is 0 Å². The number of hydrogen-bond acceptors (Lipinski definition) is 0. The van der Waals surface area contributed by atoms with E-state index in [2.05, 4.69) is 34.6 Å². The lowest BCUT2D eigenvalue weighted by atomic mass is 9.73. The zero-order valence-electron chi connectivity index (χ0n) is 14.6. The molecule has 2 aliphatic rings. The lowest BCUT2D eigenvalue weighted by Gasteiger charge is -2.37. The van der Waals surface area contributed by atoms with Crippen molar-refractivity contribution in [3.8, 4) is 0 Å². The highest BCUT2D eigenvalue weighted by Crippen LogP contribution is 2.55. The van der Waals surface area contributed by atoms with Crippen molar-refractivity contribution in [2.24, 2.45) is 29.6 Å². The molecular formula is C19H37P. The highest BCUT2D eigenvalue weighted by molar-refractivity contribution is 7.58. The summed E-state index contributed by atoms with van der Waals surface area (Å²) in [5.74, 6) is 5.20. The van der Waals surface area contributed by atoms with Crippen LogP contribution in [0.25, 0.3) is 0 Å². The molecule has 0 spiro atoms. The van der Waals surface area contributed by atoms with Crippen LogP contribution in [-0.2, 0) is 0 Å². The van der Waals surface area contributed by atoms with Crippen molar-refractivity contribution in [1.29, 1.82) is 0 Å². The molecule has 2 fully saturated rings. The predicted octanol–water partition coefficient (Wildman–Crippen LogP) is 6.39. The standard InChI is InChI=1S/C19H37P/c1-6-20(7-2)15(5)17-11-9-13-19(17)18-12-8-10-16(18)14(3)4/h14-19H,6-13H2,1-5H3/t15-,16?,17?,18?,19?/m1/s1. The summed E-state index contributed by atoms with van der Waals surface area (Å²) in [5.41, 5.74) is 1.03. The van der Waals surface area contributed by atoms with Gasteiger partial charge in [0, 0.05) is 0 Å². The van der Waals surface area contributed by atoms with Crippen molar-refractivity contribution in [1.82, 2.24) is 0 Å². The second-order valence-corrected chi connectivity index (χ2v) is 11.0. The van der Waals surface area contributed by atoms with Crippen LogP contribution >= 0.6 is 7.92 Å². The minimum Gasteiger partial charge on any atom is -0.104 e. The molecule has 2 saturated carbocycles. The maximum absolute atomic E-state index is 2.61. The van der Waals surface area contributed by atoms with Crippen LogP contribution in [0.1, 0.15) is 73.1 Å². The Morgan fingerprint density at radius 1 is 0.800 bits per heavy atom. The van der Waals surface area contributed by atoms with Gasteiger partial charge in [-0.3, -0.25) is 0 Å². The van der Waals surface area contributed by atoms with Gasteiger partial charge in [0.2, 0.25) is 0 Å². The first-order valence-electron chi connectivity index (χ1n) is 9.34. The Hall–Kier alpha value is 0.430. The molecule has 0 radical (unpaired) electrons. The summed E-state index contributed by atoms with van der Waals surface area (Å²) in [4.78, 5) is 0. The first-order valence-corrected chi connectivity index (χ1v) is 11.1. The van der Waals surface area contributed by atoms with Crippen LogP contribution in [0.15, 0.2) is 0 Å². The van der Waals surface area contributed by atoms with E-state index in [1.165, 1.54) is 31.6 Å². The van der Waals surface area contributed by atoms with E-state index < -0.39 is 0 Å². The Morgan fingerprint density at radius 2 is 1.30 bits per heavy atom. The molecule has 118 valence electrons. The Labute approximate surface area is 129 Å². The third-order valence-corrected chi connectivity index (χ3v) is 9.82. The molecule has 0 nitrogen and oxygen atoms in total. The van der Waals surface area contributed by atoms with Crippen molar-refractivity contribution >= 4 is 7.92 Å². The maximum atomic E-state index is 2.61. The summed E-state index contributed by atoms with van der Waals surface area (Å²) in [6, 6.07) is 0. The van der Waals surface area contributed by atoms with Crippen LogP contribution in [0.3, 0.4) is 0 Å². The number of rotatable bonds is 6. The second-order valence-electron chi connectivity index (χ2n) is 7.72. The van der Waals surface area contributed by atoms with Crippen molar-refractivity contribution in [3.63, 3.8) is 0 Å². The van der Waals surface area contributed by atoms with E-state index in [4.69, 9.17) is 0 Å². The summed E-state index contributed by atoms with van der Waals surface area (Å²) in [5, 5.41) is 0. The molecule has 2 aliphatic carbocycles. The van der Waals surface area contributed by atoms with Gasteiger partial charge in [-0.2, -0.15) is 0 Å². The van der Waals surface area contributed by atoms with E-state index in [1.807, 2.05) is 0 Å². The molecule has 20 heavy (non-hydrogen) atoms. The van der Waals surface area contributed by atoms with Crippen molar-refractivity contribution in [3.05, 3.63) is 0 Å². The van der Waals surface area contributed by atoms with Crippen molar-refractivity contribution in [2.75, 3.05) is 12.3 Å². The molecular weight excluding hydrogens is 259 g/mol. The summed E-state index contributed by atoms with van der Waals surface area (Å²) in [7, 11) is 0.301. The molecule has 0 heterocycles. The SMILES string of the molecule is CCP(CC)[C@H](C)C1CCCC1C1CCCC1C(C)C. The first-order chi connectivity index (χ1) is 9.60. The topological polar surface area (TPSA) is 0 Å². The van der Waals surface area contributed by atoms with E-state index in [9.17, 15) is 0 Å². The quantitative estimate of drug-likeness (QED) is 0.498. The van der Waals surface area contributed by atoms with Crippen molar-refractivity contribution in [2.45, 2.75) is 78.8 Å². The minimum absolute atomic E-state index is 0.301. The molecule has 1 heteroatoms. The summed E-state index contributed by atoms with van der Waals surface area (Å²) in [6.07, 6.45) is 12.1. The van der Waals surface area contributed by atoms with Gasteiger partial charge in [-0.05, 0) is 73.3 Å². The average molecular weight is 296 g/mol. The van der Waals surface area contributed by atoms with Gasteiger partial charge in [0.05, 0.1) is 0 Å². The van der Waals surface area contributed by atoms with Crippen LogP contribution in [0.2, 0.25) is 0 Å². The maximum Gasteiger partial charge on any atom is -0.0207 e. The molecule has 0 aliphatic heterocycles. The van der Waals surface area contributed by atoms with E-state index in [0.717, 1.165) is 35.2 Å².